The maximum atomic E-state index is 12.6. The molecule has 2 unspecified atom stereocenters. The quantitative estimate of drug-likeness (QED) is 0.135. The van der Waals surface area contributed by atoms with Crippen LogP contribution < -0.4 is 15.5 Å². The van der Waals surface area contributed by atoms with Crippen LogP contribution in [0, 0.1) is 16.0 Å². The van der Waals surface area contributed by atoms with Crippen molar-refractivity contribution in [3.63, 3.8) is 0 Å². The van der Waals surface area contributed by atoms with Crippen LogP contribution in [0.1, 0.15) is 27.4 Å². The zero-order valence-corrected chi connectivity index (χ0v) is 18.3. The number of hydrogen-bond donors (Lipinski definition) is 2. The van der Waals surface area contributed by atoms with Crippen LogP contribution in [0.4, 0.5) is 5.69 Å². The van der Waals surface area contributed by atoms with Gasteiger partial charge in [0, 0.05) is 24.6 Å². The van der Waals surface area contributed by atoms with E-state index in [-0.39, 0.29) is 28.8 Å². The van der Waals surface area contributed by atoms with Crippen molar-refractivity contribution in [1.82, 2.24) is 10.7 Å². The lowest BCUT2D eigenvalue weighted by atomic mass is 9.88. The molecule has 3 aromatic carbocycles. The molecule has 0 aliphatic carbocycles. The summed E-state index contributed by atoms with van der Waals surface area (Å²) < 4.78 is 5.26. The van der Waals surface area contributed by atoms with E-state index in [0.29, 0.717) is 12.1 Å². The van der Waals surface area contributed by atoms with Crippen molar-refractivity contribution in [1.29, 1.82) is 0 Å². The third-order valence-corrected chi connectivity index (χ3v) is 5.48. The van der Waals surface area contributed by atoms with Crippen LogP contribution in [0.25, 0.3) is 0 Å². The molecule has 4 rings (SSSR count). The van der Waals surface area contributed by atoms with Gasteiger partial charge in [-0.25, -0.2) is 10.2 Å². The summed E-state index contributed by atoms with van der Waals surface area (Å²) in [5.41, 5.74) is 3.99. The van der Waals surface area contributed by atoms with Gasteiger partial charge < -0.3 is 10.1 Å². The summed E-state index contributed by atoms with van der Waals surface area (Å²) in [6, 6.07) is 20.8. The number of non-ortho nitro benzene ring substituents is 1. The molecule has 1 saturated heterocycles. The van der Waals surface area contributed by atoms with Crippen molar-refractivity contribution in [3.05, 3.63) is 106 Å². The second kappa shape index (κ2) is 10.4. The van der Waals surface area contributed by atoms with Crippen molar-refractivity contribution in [2.45, 2.75) is 5.92 Å². The predicted octanol–water partition coefficient (Wildman–Crippen LogP) is 2.79. The fourth-order valence-electron chi connectivity index (χ4n) is 3.68. The number of hydrogen-bond acceptors (Lipinski definition) is 7. The second-order valence-electron chi connectivity index (χ2n) is 7.74. The van der Waals surface area contributed by atoms with Gasteiger partial charge in [-0.1, -0.05) is 30.3 Å². The van der Waals surface area contributed by atoms with Crippen molar-refractivity contribution in [2.75, 3.05) is 6.54 Å². The number of carbonyl (C=O) groups excluding carboxylic acids is 3. The fourth-order valence-corrected chi connectivity index (χ4v) is 3.68. The second-order valence-corrected chi connectivity index (χ2v) is 7.74. The van der Waals surface area contributed by atoms with Gasteiger partial charge in [-0.15, -0.1) is 0 Å². The summed E-state index contributed by atoms with van der Waals surface area (Å²) in [4.78, 5) is 47.2. The highest BCUT2D eigenvalue weighted by atomic mass is 16.6. The Morgan fingerprint density at radius 2 is 1.71 bits per heavy atom. The zero-order chi connectivity index (χ0) is 24.8. The number of hydrazone groups is 1. The third kappa shape index (κ3) is 5.56. The van der Waals surface area contributed by atoms with Gasteiger partial charge in [-0.05, 0) is 47.5 Å². The number of rotatable bonds is 7. The molecule has 0 bridgehead atoms. The molecule has 2 atom stereocenters. The Morgan fingerprint density at radius 3 is 2.37 bits per heavy atom. The van der Waals surface area contributed by atoms with Gasteiger partial charge in [0.15, 0.2) is 0 Å². The minimum absolute atomic E-state index is 0.124. The number of nitro groups is 1. The molecule has 1 fully saturated rings. The molecule has 10 nitrogen and oxygen atoms in total. The third-order valence-electron chi connectivity index (χ3n) is 5.48. The van der Waals surface area contributed by atoms with E-state index in [2.05, 4.69) is 15.8 Å². The molecule has 3 aromatic rings. The first-order valence-electron chi connectivity index (χ1n) is 10.6. The lowest BCUT2D eigenvalue weighted by molar-refractivity contribution is -0.384. The SMILES string of the molecule is O=C(Oc1ccc(C=NNC(=O)C2C(=O)NCC2c2ccccc2)cc1)c1ccc([N+](=O)[O-])cc1. The molecular weight excluding hydrogens is 452 g/mol. The summed E-state index contributed by atoms with van der Waals surface area (Å²) in [7, 11) is 0. The minimum Gasteiger partial charge on any atom is -0.423 e. The average Bonchev–Trinajstić information content (AvgIpc) is 3.27. The number of ether oxygens (including phenoxy) is 1. The number of esters is 1. The summed E-state index contributed by atoms with van der Waals surface area (Å²) in [6.45, 7) is 0.380. The molecule has 0 spiro atoms. The maximum Gasteiger partial charge on any atom is 0.343 e. The van der Waals surface area contributed by atoms with Gasteiger partial charge in [0.1, 0.15) is 11.7 Å². The molecule has 176 valence electrons. The minimum atomic E-state index is -0.879. The largest absolute Gasteiger partial charge is 0.423 e. The highest BCUT2D eigenvalue weighted by Gasteiger charge is 2.40. The van der Waals surface area contributed by atoms with E-state index >= 15 is 0 Å². The van der Waals surface area contributed by atoms with Gasteiger partial charge in [0.2, 0.25) is 5.91 Å². The van der Waals surface area contributed by atoms with Crippen LogP contribution in [-0.4, -0.2) is 35.5 Å². The number of benzene rings is 3. The summed E-state index contributed by atoms with van der Waals surface area (Å²) in [6.07, 6.45) is 1.41. The van der Waals surface area contributed by atoms with Crippen LogP contribution >= 0.6 is 0 Å². The Balaban J connectivity index is 1.33. The molecule has 1 aliphatic heterocycles. The van der Waals surface area contributed by atoms with E-state index in [0.717, 1.165) is 5.56 Å². The van der Waals surface area contributed by atoms with Crippen LogP contribution in [0.15, 0.2) is 84.0 Å². The monoisotopic (exact) mass is 472 g/mol. The number of nitrogens with one attached hydrogen (secondary N) is 2. The molecular formula is C25H20N4O6. The van der Waals surface area contributed by atoms with Gasteiger partial charge in [-0.2, -0.15) is 5.10 Å². The molecule has 0 radical (unpaired) electrons. The van der Waals surface area contributed by atoms with E-state index in [1.165, 1.54) is 30.5 Å². The molecule has 0 aromatic heterocycles. The van der Waals surface area contributed by atoms with E-state index in [4.69, 9.17) is 4.74 Å². The lowest BCUT2D eigenvalue weighted by Crippen LogP contribution is -2.34. The normalized spacial score (nSPS) is 17.1. The smallest absolute Gasteiger partial charge is 0.343 e. The van der Waals surface area contributed by atoms with Crippen LogP contribution in [0.5, 0.6) is 5.75 Å². The van der Waals surface area contributed by atoms with Gasteiger partial charge in [-0.3, -0.25) is 19.7 Å². The number of carbonyl (C=O) groups is 3. The van der Waals surface area contributed by atoms with Crippen LogP contribution in [0.2, 0.25) is 0 Å². The average molecular weight is 472 g/mol. The number of nitro benzene ring substituents is 1. The first kappa shape index (κ1) is 23.3. The molecule has 10 heteroatoms. The van der Waals surface area contributed by atoms with Crippen molar-refractivity contribution in [2.24, 2.45) is 11.0 Å². The van der Waals surface area contributed by atoms with Crippen LogP contribution in [0.3, 0.4) is 0 Å². The summed E-state index contributed by atoms with van der Waals surface area (Å²) >= 11 is 0. The topological polar surface area (TPSA) is 140 Å². The van der Waals surface area contributed by atoms with E-state index in [9.17, 15) is 24.5 Å². The van der Waals surface area contributed by atoms with Crippen LogP contribution in [-0.2, 0) is 9.59 Å². The van der Waals surface area contributed by atoms with Crippen molar-refractivity contribution >= 4 is 29.7 Å². The maximum absolute atomic E-state index is 12.6. The first-order chi connectivity index (χ1) is 16.9. The molecule has 35 heavy (non-hydrogen) atoms. The van der Waals surface area contributed by atoms with Gasteiger partial charge in [0.25, 0.3) is 11.6 Å². The van der Waals surface area contributed by atoms with Crippen molar-refractivity contribution in [3.8, 4) is 5.75 Å². The fraction of sp³-hybridized carbons (Fsp3) is 0.120. The Kier molecular flexibility index (Phi) is 6.91. The first-order valence-corrected chi connectivity index (χ1v) is 10.6. The van der Waals surface area contributed by atoms with E-state index in [1.807, 2.05) is 30.3 Å². The number of amides is 2. The molecule has 2 N–H and O–H groups in total. The highest BCUT2D eigenvalue weighted by Crippen LogP contribution is 2.29. The van der Waals surface area contributed by atoms with Crippen molar-refractivity contribution < 1.29 is 24.0 Å². The van der Waals surface area contributed by atoms with E-state index < -0.39 is 22.7 Å². The molecule has 1 heterocycles. The summed E-state index contributed by atoms with van der Waals surface area (Å²) in [5, 5.41) is 17.4. The van der Waals surface area contributed by atoms with Gasteiger partial charge in [0.05, 0.1) is 16.7 Å². The molecule has 2 amide bonds. The lowest BCUT2D eigenvalue weighted by Gasteiger charge is -2.15. The Labute approximate surface area is 199 Å². The zero-order valence-electron chi connectivity index (χ0n) is 18.3. The Morgan fingerprint density at radius 1 is 1.03 bits per heavy atom. The van der Waals surface area contributed by atoms with Gasteiger partial charge >= 0.3 is 5.97 Å². The van der Waals surface area contributed by atoms with E-state index in [1.54, 1.807) is 24.3 Å². The highest BCUT2D eigenvalue weighted by molar-refractivity contribution is 6.03. The predicted molar refractivity (Wildman–Crippen MR) is 126 cm³/mol. The Hall–Kier alpha value is -4.86. The Bertz CT molecular complexity index is 1270. The number of nitrogens with zero attached hydrogens (tertiary/aromatic N) is 2. The summed E-state index contributed by atoms with van der Waals surface area (Å²) in [5.74, 6) is -2.39. The molecule has 0 saturated carbocycles. The standard InChI is InChI=1S/C25H20N4O6/c30-23-22(21(15-26-23)17-4-2-1-3-5-17)24(31)28-27-14-16-6-12-20(13-7-16)35-25(32)18-8-10-19(11-9-18)29(33)34/h1-14,21-22H,15H2,(H,26,30)(H,28,31). The molecule has 1 aliphatic rings.